The van der Waals surface area contributed by atoms with Gasteiger partial charge in [-0.1, -0.05) is 44.2 Å². The van der Waals surface area contributed by atoms with Crippen LogP contribution in [0.1, 0.15) is 19.4 Å². The maximum atomic E-state index is 13.6. The third-order valence-corrected chi connectivity index (χ3v) is 8.19. The van der Waals surface area contributed by atoms with E-state index in [9.17, 15) is 18.3 Å². The standard InChI is InChI=1S/C29H42N2O9S/c1-22(2)18-31(41(34,35)26-11-9-24(36-3)10-12-26)19-28(32)27(17-23-7-5-4-6-8-23)30-29(33)40-25-20-38-15-13-37-14-16-39-21-25/h4-12,22,25,27-28,32H,13-21H2,1-3H3,(H,30,33). The van der Waals surface area contributed by atoms with Crippen molar-refractivity contribution < 1.29 is 42.0 Å². The average Bonchev–Trinajstić information content (AvgIpc) is 2.96. The number of methoxy groups -OCH3 is 1. The fourth-order valence-electron chi connectivity index (χ4n) is 4.28. The van der Waals surface area contributed by atoms with Gasteiger partial charge in [-0.15, -0.1) is 0 Å². The number of sulfonamides is 1. The molecule has 228 valence electrons. The minimum Gasteiger partial charge on any atom is -0.497 e. The maximum Gasteiger partial charge on any atom is 0.407 e. The monoisotopic (exact) mass is 594 g/mol. The molecule has 3 rings (SSSR count). The summed E-state index contributed by atoms with van der Waals surface area (Å²) in [5, 5.41) is 14.1. The number of aliphatic hydroxyl groups excluding tert-OH is 1. The molecule has 1 aliphatic heterocycles. The SMILES string of the molecule is COc1ccc(S(=O)(=O)N(CC(C)C)CC(O)C(Cc2ccccc2)NC(=O)OC2COCCOCCOC2)cc1. The van der Waals surface area contributed by atoms with Crippen LogP contribution in [0.5, 0.6) is 5.75 Å². The van der Waals surface area contributed by atoms with Gasteiger partial charge < -0.3 is 34.1 Å². The largest absolute Gasteiger partial charge is 0.497 e. The molecule has 11 nitrogen and oxygen atoms in total. The highest BCUT2D eigenvalue weighted by Gasteiger charge is 2.32. The van der Waals surface area contributed by atoms with Gasteiger partial charge in [-0.25, -0.2) is 13.2 Å². The van der Waals surface area contributed by atoms with Gasteiger partial charge in [-0.2, -0.15) is 4.31 Å². The Hall–Kier alpha value is -2.74. The number of nitrogens with one attached hydrogen (secondary N) is 1. The molecule has 0 spiro atoms. The van der Waals surface area contributed by atoms with Crippen molar-refractivity contribution in [2.75, 3.05) is 59.8 Å². The van der Waals surface area contributed by atoms with Gasteiger partial charge in [0.15, 0.2) is 6.10 Å². The molecule has 2 aromatic carbocycles. The number of aliphatic hydroxyl groups is 1. The van der Waals surface area contributed by atoms with Gasteiger partial charge in [0.2, 0.25) is 10.0 Å². The molecule has 2 N–H and O–H groups in total. The molecule has 2 atom stereocenters. The van der Waals surface area contributed by atoms with Crippen molar-refractivity contribution in [3.63, 3.8) is 0 Å². The van der Waals surface area contributed by atoms with Crippen molar-refractivity contribution >= 4 is 16.1 Å². The minimum atomic E-state index is -3.96. The van der Waals surface area contributed by atoms with Gasteiger partial charge in [0.25, 0.3) is 0 Å². The van der Waals surface area contributed by atoms with Crippen LogP contribution >= 0.6 is 0 Å². The molecule has 2 unspecified atom stereocenters. The number of nitrogens with zero attached hydrogens (tertiary/aromatic N) is 1. The van der Waals surface area contributed by atoms with Crippen molar-refractivity contribution in [3.05, 3.63) is 60.2 Å². The third kappa shape index (κ3) is 10.9. The molecule has 1 heterocycles. The van der Waals surface area contributed by atoms with Crippen LogP contribution in [0.3, 0.4) is 0 Å². The van der Waals surface area contributed by atoms with Gasteiger partial charge >= 0.3 is 6.09 Å². The van der Waals surface area contributed by atoms with Crippen LogP contribution in [-0.2, 0) is 35.4 Å². The first kappa shape index (κ1) is 32.8. The first-order valence-corrected chi connectivity index (χ1v) is 15.2. The molecule has 1 aliphatic rings. The van der Waals surface area contributed by atoms with E-state index in [4.69, 9.17) is 23.7 Å². The summed E-state index contributed by atoms with van der Waals surface area (Å²) >= 11 is 0. The zero-order valence-electron chi connectivity index (χ0n) is 23.9. The van der Waals surface area contributed by atoms with Crippen molar-refractivity contribution in [3.8, 4) is 5.75 Å². The van der Waals surface area contributed by atoms with E-state index in [-0.39, 0.29) is 43.5 Å². The Labute approximate surface area is 242 Å². The number of benzene rings is 2. The normalized spacial score (nSPS) is 17.1. The third-order valence-electron chi connectivity index (χ3n) is 6.35. The predicted molar refractivity (Wildman–Crippen MR) is 152 cm³/mol. The first-order valence-electron chi connectivity index (χ1n) is 13.8. The summed E-state index contributed by atoms with van der Waals surface area (Å²) < 4.78 is 55.6. The molecule has 0 aliphatic carbocycles. The van der Waals surface area contributed by atoms with Crippen LogP contribution in [0.25, 0.3) is 0 Å². The molecular formula is C29H42N2O9S. The number of hydrogen-bond donors (Lipinski definition) is 2. The second-order valence-electron chi connectivity index (χ2n) is 10.2. The highest BCUT2D eigenvalue weighted by molar-refractivity contribution is 7.89. The molecule has 0 aromatic heterocycles. The molecule has 2 aromatic rings. The van der Waals surface area contributed by atoms with Crippen molar-refractivity contribution in [2.24, 2.45) is 5.92 Å². The van der Waals surface area contributed by atoms with Gasteiger partial charge in [0.05, 0.1) is 63.8 Å². The lowest BCUT2D eigenvalue weighted by Crippen LogP contribution is -2.51. The number of amides is 1. The van der Waals surface area contributed by atoms with E-state index in [0.29, 0.717) is 32.2 Å². The Bertz CT molecular complexity index is 1140. The van der Waals surface area contributed by atoms with Gasteiger partial charge in [0, 0.05) is 13.1 Å². The molecule has 0 saturated carbocycles. The highest BCUT2D eigenvalue weighted by atomic mass is 32.2. The lowest BCUT2D eigenvalue weighted by atomic mass is 10.0. The van der Waals surface area contributed by atoms with Crippen LogP contribution in [0.15, 0.2) is 59.5 Å². The minimum absolute atomic E-state index is 0.0151. The summed E-state index contributed by atoms with van der Waals surface area (Å²) in [4.78, 5) is 13.1. The fourth-order valence-corrected chi connectivity index (χ4v) is 5.90. The Kier molecular flexibility index (Phi) is 13.3. The van der Waals surface area contributed by atoms with Crippen LogP contribution < -0.4 is 10.1 Å². The summed E-state index contributed by atoms with van der Waals surface area (Å²) in [7, 11) is -2.45. The molecule has 0 radical (unpaired) electrons. The fraction of sp³-hybridized carbons (Fsp3) is 0.552. The molecule has 12 heteroatoms. The lowest BCUT2D eigenvalue weighted by Gasteiger charge is -2.31. The maximum absolute atomic E-state index is 13.6. The topological polar surface area (TPSA) is 133 Å². The van der Waals surface area contributed by atoms with Crippen molar-refractivity contribution in [1.82, 2.24) is 9.62 Å². The Balaban J connectivity index is 1.77. The molecule has 1 fully saturated rings. The van der Waals surface area contributed by atoms with E-state index in [1.807, 2.05) is 44.2 Å². The Morgan fingerprint density at radius 1 is 0.976 bits per heavy atom. The van der Waals surface area contributed by atoms with Crippen LogP contribution in [-0.4, -0.2) is 102 Å². The molecule has 41 heavy (non-hydrogen) atoms. The van der Waals surface area contributed by atoms with Crippen LogP contribution in [0, 0.1) is 5.92 Å². The molecular weight excluding hydrogens is 552 g/mol. The zero-order valence-corrected chi connectivity index (χ0v) is 24.8. The quantitative estimate of drug-likeness (QED) is 0.380. The van der Waals surface area contributed by atoms with E-state index < -0.39 is 34.4 Å². The lowest BCUT2D eigenvalue weighted by molar-refractivity contribution is -0.0674. The highest BCUT2D eigenvalue weighted by Crippen LogP contribution is 2.22. The Morgan fingerprint density at radius 2 is 1.59 bits per heavy atom. The Morgan fingerprint density at radius 3 is 2.17 bits per heavy atom. The molecule has 0 bridgehead atoms. The second-order valence-corrected chi connectivity index (χ2v) is 12.1. The molecule has 1 saturated heterocycles. The number of carbonyl (C=O) groups excluding carboxylic acids is 1. The summed E-state index contributed by atoms with van der Waals surface area (Å²) in [5.41, 5.74) is 0.857. The average molecular weight is 595 g/mol. The van der Waals surface area contributed by atoms with E-state index >= 15 is 0 Å². The first-order chi connectivity index (χ1) is 19.7. The predicted octanol–water partition coefficient (Wildman–Crippen LogP) is 2.47. The van der Waals surface area contributed by atoms with Gasteiger partial charge in [-0.3, -0.25) is 0 Å². The van der Waals surface area contributed by atoms with Gasteiger partial charge in [0.1, 0.15) is 5.75 Å². The van der Waals surface area contributed by atoms with E-state index in [1.165, 1.54) is 23.5 Å². The van der Waals surface area contributed by atoms with E-state index in [2.05, 4.69) is 5.32 Å². The van der Waals surface area contributed by atoms with Crippen LogP contribution in [0.4, 0.5) is 4.79 Å². The van der Waals surface area contributed by atoms with Crippen molar-refractivity contribution in [2.45, 2.75) is 43.4 Å². The zero-order chi connectivity index (χ0) is 29.7. The summed E-state index contributed by atoms with van der Waals surface area (Å²) in [6.45, 7) is 5.56. The summed E-state index contributed by atoms with van der Waals surface area (Å²) in [6.07, 6.45) is -2.41. The number of alkyl carbamates (subject to hydrolysis) is 1. The number of ether oxygens (including phenoxy) is 5. The van der Waals surface area contributed by atoms with E-state index in [0.717, 1.165) is 5.56 Å². The number of carbonyl (C=O) groups is 1. The van der Waals surface area contributed by atoms with E-state index in [1.54, 1.807) is 12.1 Å². The molecule has 1 amide bonds. The van der Waals surface area contributed by atoms with Crippen LogP contribution in [0.2, 0.25) is 0 Å². The smallest absolute Gasteiger partial charge is 0.407 e. The number of rotatable bonds is 12. The summed E-state index contributed by atoms with van der Waals surface area (Å²) in [5.74, 6) is 0.517. The second kappa shape index (κ2) is 16.6. The van der Waals surface area contributed by atoms with Crippen molar-refractivity contribution in [1.29, 1.82) is 0 Å². The van der Waals surface area contributed by atoms with Gasteiger partial charge in [-0.05, 0) is 42.2 Å². The number of hydrogen-bond acceptors (Lipinski definition) is 9. The summed E-state index contributed by atoms with van der Waals surface area (Å²) in [6, 6.07) is 14.6.